The fourth-order valence-corrected chi connectivity index (χ4v) is 3.28. The molecule has 0 bridgehead atoms. The number of aromatic nitrogens is 1. The summed E-state index contributed by atoms with van der Waals surface area (Å²) in [5.74, 6) is -1.07. The van der Waals surface area contributed by atoms with E-state index in [1.54, 1.807) is 36.7 Å². The number of carbonyl (C=O) groups excluding carboxylic acids is 2. The molecule has 1 aromatic heterocycles. The van der Waals surface area contributed by atoms with Crippen LogP contribution in [0.1, 0.15) is 24.0 Å². The van der Waals surface area contributed by atoms with Crippen LogP contribution >= 0.6 is 0 Å². The van der Waals surface area contributed by atoms with Crippen molar-refractivity contribution in [3.05, 3.63) is 59.9 Å². The highest BCUT2D eigenvalue weighted by atomic mass is 16.2. The molecule has 2 heterocycles. The van der Waals surface area contributed by atoms with Gasteiger partial charge in [-0.3, -0.25) is 19.5 Å². The van der Waals surface area contributed by atoms with Crippen LogP contribution in [0.25, 0.3) is 0 Å². The van der Waals surface area contributed by atoms with E-state index in [4.69, 9.17) is 5.26 Å². The minimum absolute atomic E-state index is 0.324. The van der Waals surface area contributed by atoms with E-state index >= 15 is 0 Å². The van der Waals surface area contributed by atoms with Crippen LogP contribution in [0.15, 0.2) is 48.8 Å². The monoisotopic (exact) mass is 377 g/mol. The summed E-state index contributed by atoms with van der Waals surface area (Å²) in [4.78, 5) is 30.6. The Morgan fingerprint density at radius 2 is 1.82 bits per heavy atom. The summed E-state index contributed by atoms with van der Waals surface area (Å²) in [6.07, 6.45) is 5.56. The van der Waals surface area contributed by atoms with Crippen LogP contribution in [0.5, 0.6) is 0 Å². The Bertz CT molecular complexity index is 855. The number of benzene rings is 1. The van der Waals surface area contributed by atoms with Crippen molar-refractivity contribution in [3.8, 4) is 6.07 Å². The fourth-order valence-electron chi connectivity index (χ4n) is 3.28. The van der Waals surface area contributed by atoms with E-state index in [0.717, 1.165) is 32.5 Å². The lowest BCUT2D eigenvalue weighted by molar-refractivity contribution is -0.136. The molecule has 1 aliphatic rings. The number of nitrogens with zero attached hydrogens (tertiary/aromatic N) is 3. The van der Waals surface area contributed by atoms with Crippen molar-refractivity contribution in [1.82, 2.24) is 15.2 Å². The number of hydrogen-bond donors (Lipinski definition) is 2. The van der Waals surface area contributed by atoms with E-state index < -0.39 is 11.8 Å². The first-order chi connectivity index (χ1) is 13.7. The summed E-state index contributed by atoms with van der Waals surface area (Å²) >= 11 is 0. The van der Waals surface area contributed by atoms with Gasteiger partial charge in [0, 0.05) is 25.5 Å². The summed E-state index contributed by atoms with van der Waals surface area (Å²) in [7, 11) is 0. The highest BCUT2D eigenvalue weighted by molar-refractivity contribution is 6.39. The molecular weight excluding hydrogens is 354 g/mol. The van der Waals surface area contributed by atoms with Crippen LogP contribution in [0.4, 0.5) is 5.69 Å². The summed E-state index contributed by atoms with van der Waals surface area (Å²) in [6.45, 7) is 3.31. The normalized spacial score (nSPS) is 14.8. The molecule has 0 unspecified atom stereocenters. The van der Waals surface area contributed by atoms with Crippen LogP contribution in [0.3, 0.4) is 0 Å². The minimum atomic E-state index is -0.752. The summed E-state index contributed by atoms with van der Waals surface area (Å²) in [6, 6.07) is 12.6. The highest BCUT2D eigenvalue weighted by Crippen LogP contribution is 2.18. The topological polar surface area (TPSA) is 98.1 Å². The Morgan fingerprint density at radius 1 is 1.11 bits per heavy atom. The maximum atomic E-state index is 12.1. The van der Waals surface area contributed by atoms with Gasteiger partial charge >= 0.3 is 11.8 Å². The number of para-hydroxylation sites is 1. The van der Waals surface area contributed by atoms with Gasteiger partial charge in [-0.05, 0) is 61.7 Å². The molecule has 7 nitrogen and oxygen atoms in total. The molecule has 0 aliphatic carbocycles. The third kappa shape index (κ3) is 5.38. The molecule has 0 spiro atoms. The number of hydrogen-bond acceptors (Lipinski definition) is 5. The van der Waals surface area contributed by atoms with Gasteiger partial charge in [-0.2, -0.15) is 5.26 Å². The summed E-state index contributed by atoms with van der Waals surface area (Å²) in [5, 5.41) is 14.3. The van der Waals surface area contributed by atoms with Crippen molar-refractivity contribution in [1.29, 1.82) is 5.26 Å². The van der Waals surface area contributed by atoms with Crippen LogP contribution in [0.2, 0.25) is 0 Å². The molecule has 1 fully saturated rings. The quantitative estimate of drug-likeness (QED) is 0.776. The molecule has 0 saturated carbocycles. The largest absolute Gasteiger partial charge is 0.348 e. The van der Waals surface area contributed by atoms with Crippen molar-refractivity contribution >= 4 is 17.5 Å². The maximum Gasteiger partial charge on any atom is 0.313 e. The maximum absolute atomic E-state index is 12.1. The van der Waals surface area contributed by atoms with Gasteiger partial charge in [0.25, 0.3) is 0 Å². The second-order valence-electron chi connectivity index (χ2n) is 6.90. The lowest BCUT2D eigenvalue weighted by Crippen LogP contribution is -2.41. The zero-order valence-electron chi connectivity index (χ0n) is 15.6. The number of nitrogens with one attached hydrogen (secondary N) is 2. The smallest absolute Gasteiger partial charge is 0.313 e. The standard InChI is InChI=1S/C21H23N5O2/c22-13-18-3-1-2-4-19(18)25-21(28)20(27)24-14-16-7-11-26(12-8-16)15-17-5-9-23-10-6-17/h1-6,9-10,16H,7-8,11-12,14-15H2,(H,24,27)(H,25,28). The predicted octanol–water partition coefficient (Wildman–Crippen LogP) is 1.92. The molecule has 1 aromatic carbocycles. The number of nitriles is 1. The molecule has 1 saturated heterocycles. The molecule has 2 N–H and O–H groups in total. The van der Waals surface area contributed by atoms with Crippen LogP contribution in [-0.2, 0) is 16.1 Å². The zero-order chi connectivity index (χ0) is 19.8. The molecule has 7 heteroatoms. The predicted molar refractivity (Wildman–Crippen MR) is 105 cm³/mol. The van der Waals surface area contributed by atoms with Crippen LogP contribution in [-0.4, -0.2) is 41.3 Å². The molecule has 144 valence electrons. The Hall–Kier alpha value is -3.24. The minimum Gasteiger partial charge on any atom is -0.348 e. The third-order valence-corrected chi connectivity index (χ3v) is 4.92. The number of rotatable bonds is 5. The first kappa shape index (κ1) is 19.5. The lowest BCUT2D eigenvalue weighted by atomic mass is 9.96. The van der Waals surface area contributed by atoms with Gasteiger partial charge in [-0.25, -0.2) is 0 Å². The van der Waals surface area contributed by atoms with E-state index in [1.165, 1.54) is 5.56 Å². The second kappa shape index (κ2) is 9.62. The number of amides is 2. The zero-order valence-corrected chi connectivity index (χ0v) is 15.6. The Labute approximate surface area is 164 Å². The number of pyridine rings is 1. The molecule has 28 heavy (non-hydrogen) atoms. The molecule has 2 amide bonds. The first-order valence-electron chi connectivity index (χ1n) is 9.35. The summed E-state index contributed by atoms with van der Waals surface area (Å²) in [5.41, 5.74) is 1.91. The van der Waals surface area contributed by atoms with Gasteiger partial charge in [0.05, 0.1) is 11.3 Å². The number of piperidine rings is 1. The van der Waals surface area contributed by atoms with Gasteiger partial charge in [0.15, 0.2) is 0 Å². The van der Waals surface area contributed by atoms with Crippen molar-refractivity contribution in [2.24, 2.45) is 5.92 Å². The van der Waals surface area contributed by atoms with Crippen molar-refractivity contribution in [3.63, 3.8) is 0 Å². The average molecular weight is 377 g/mol. The first-order valence-corrected chi connectivity index (χ1v) is 9.35. The van der Waals surface area contributed by atoms with Crippen molar-refractivity contribution in [2.75, 3.05) is 25.0 Å². The van der Waals surface area contributed by atoms with E-state index in [0.29, 0.717) is 23.7 Å². The summed E-state index contributed by atoms with van der Waals surface area (Å²) < 4.78 is 0. The van der Waals surface area contributed by atoms with E-state index in [9.17, 15) is 9.59 Å². The Balaban J connectivity index is 1.40. The lowest BCUT2D eigenvalue weighted by Gasteiger charge is -2.32. The van der Waals surface area contributed by atoms with Gasteiger partial charge in [0.2, 0.25) is 0 Å². The van der Waals surface area contributed by atoms with E-state index in [2.05, 4.69) is 20.5 Å². The molecule has 1 aliphatic heterocycles. The Morgan fingerprint density at radius 3 is 2.54 bits per heavy atom. The molecular formula is C21H23N5O2. The van der Waals surface area contributed by atoms with Crippen molar-refractivity contribution in [2.45, 2.75) is 19.4 Å². The third-order valence-electron chi connectivity index (χ3n) is 4.92. The second-order valence-corrected chi connectivity index (χ2v) is 6.90. The number of likely N-dealkylation sites (tertiary alicyclic amines) is 1. The molecule has 2 aromatic rings. The van der Waals surface area contributed by atoms with Gasteiger partial charge in [-0.15, -0.1) is 0 Å². The van der Waals surface area contributed by atoms with Crippen LogP contribution in [0, 0.1) is 17.2 Å². The van der Waals surface area contributed by atoms with E-state index in [1.807, 2.05) is 18.2 Å². The SMILES string of the molecule is N#Cc1ccccc1NC(=O)C(=O)NCC1CCN(Cc2ccncc2)CC1. The Kier molecular flexibility index (Phi) is 6.71. The van der Waals surface area contributed by atoms with Gasteiger partial charge in [-0.1, -0.05) is 12.1 Å². The molecule has 3 rings (SSSR count). The number of anilines is 1. The molecule has 0 radical (unpaired) electrons. The number of carbonyl (C=O) groups is 2. The van der Waals surface area contributed by atoms with Crippen LogP contribution < -0.4 is 10.6 Å². The van der Waals surface area contributed by atoms with Gasteiger partial charge in [0.1, 0.15) is 6.07 Å². The highest BCUT2D eigenvalue weighted by Gasteiger charge is 2.21. The van der Waals surface area contributed by atoms with Gasteiger partial charge < -0.3 is 10.6 Å². The van der Waals surface area contributed by atoms with E-state index in [-0.39, 0.29) is 0 Å². The van der Waals surface area contributed by atoms with Crippen molar-refractivity contribution < 1.29 is 9.59 Å². The molecule has 0 atom stereocenters. The average Bonchev–Trinajstić information content (AvgIpc) is 2.74. The fraction of sp³-hybridized carbons (Fsp3) is 0.333.